The van der Waals surface area contributed by atoms with Crippen LogP contribution in [0, 0.1) is 0 Å². The third-order valence-electron chi connectivity index (χ3n) is 3.09. The molecule has 1 aliphatic rings. The van der Waals surface area contributed by atoms with Gasteiger partial charge in [0.05, 0.1) is 13.2 Å². The summed E-state index contributed by atoms with van der Waals surface area (Å²) in [6.07, 6.45) is 3.30. The van der Waals surface area contributed by atoms with Crippen molar-refractivity contribution in [3.8, 4) is 6.01 Å². The largest absolute Gasteiger partial charge is 0.467 e. The summed E-state index contributed by atoms with van der Waals surface area (Å²) in [5, 5.41) is 6.40. The summed E-state index contributed by atoms with van der Waals surface area (Å²) in [6, 6.07) is 0.676. The quantitative estimate of drug-likeness (QED) is 0.770. The summed E-state index contributed by atoms with van der Waals surface area (Å²) in [6.45, 7) is 2.91. The van der Waals surface area contributed by atoms with E-state index in [1.165, 1.54) is 0 Å². The number of rotatable bonds is 7. The molecule has 0 saturated heterocycles. The monoisotopic (exact) mass is 267 g/mol. The summed E-state index contributed by atoms with van der Waals surface area (Å²) in [5.74, 6) is 1.09. The molecule has 7 heteroatoms. The van der Waals surface area contributed by atoms with Crippen molar-refractivity contribution in [3.63, 3.8) is 0 Å². The van der Waals surface area contributed by atoms with E-state index in [-0.39, 0.29) is 0 Å². The number of aromatic nitrogens is 3. The van der Waals surface area contributed by atoms with E-state index in [9.17, 15) is 0 Å². The average Bonchev–Trinajstić information content (AvgIpc) is 2.39. The molecule has 106 valence electrons. The van der Waals surface area contributed by atoms with Crippen LogP contribution in [0.25, 0.3) is 0 Å². The Morgan fingerprint density at radius 2 is 1.89 bits per heavy atom. The minimum atomic E-state index is 0.318. The zero-order valence-electron chi connectivity index (χ0n) is 11.6. The first-order chi connectivity index (χ1) is 9.25. The van der Waals surface area contributed by atoms with Crippen molar-refractivity contribution in [2.45, 2.75) is 38.3 Å². The van der Waals surface area contributed by atoms with Gasteiger partial charge in [0.2, 0.25) is 11.9 Å². The van der Waals surface area contributed by atoms with Crippen LogP contribution in [-0.2, 0) is 4.74 Å². The summed E-state index contributed by atoms with van der Waals surface area (Å²) in [7, 11) is 3.28. The molecule has 0 radical (unpaired) electrons. The third-order valence-corrected chi connectivity index (χ3v) is 3.09. The molecular formula is C12H21N5O2. The second-order valence-electron chi connectivity index (χ2n) is 4.57. The molecule has 0 amide bonds. The fourth-order valence-electron chi connectivity index (χ4n) is 1.89. The van der Waals surface area contributed by atoms with Gasteiger partial charge in [-0.25, -0.2) is 0 Å². The fourth-order valence-corrected chi connectivity index (χ4v) is 1.89. The number of ether oxygens (including phenoxy) is 2. The van der Waals surface area contributed by atoms with Crippen molar-refractivity contribution in [3.05, 3.63) is 0 Å². The lowest BCUT2D eigenvalue weighted by atomic mass is 9.89. The van der Waals surface area contributed by atoms with E-state index in [1.54, 1.807) is 14.2 Å². The Morgan fingerprint density at radius 3 is 2.53 bits per heavy atom. The van der Waals surface area contributed by atoms with Gasteiger partial charge >= 0.3 is 6.01 Å². The zero-order chi connectivity index (χ0) is 13.7. The minimum Gasteiger partial charge on any atom is -0.467 e. The molecule has 0 spiro atoms. The molecule has 2 N–H and O–H groups in total. The molecule has 19 heavy (non-hydrogen) atoms. The van der Waals surface area contributed by atoms with E-state index in [4.69, 9.17) is 9.47 Å². The maximum atomic E-state index is 5.25. The topological polar surface area (TPSA) is 81.2 Å². The Bertz CT molecular complexity index is 409. The van der Waals surface area contributed by atoms with Crippen LogP contribution >= 0.6 is 0 Å². The standard InChI is InChI=1S/C12H21N5O2/c1-4-5-13-10-15-11(17-12(16-10)19-3)14-8-6-9(7-8)18-2/h8-9H,4-7H2,1-3H3,(H2,13,14,15,16,17). The molecular weight excluding hydrogens is 246 g/mol. The van der Waals surface area contributed by atoms with Gasteiger partial charge in [-0.1, -0.05) is 6.92 Å². The number of nitrogens with zero attached hydrogens (tertiary/aromatic N) is 3. The highest BCUT2D eigenvalue weighted by atomic mass is 16.5. The number of nitrogens with one attached hydrogen (secondary N) is 2. The van der Waals surface area contributed by atoms with Crippen LogP contribution < -0.4 is 15.4 Å². The van der Waals surface area contributed by atoms with Crippen LogP contribution in [0.4, 0.5) is 11.9 Å². The predicted octanol–water partition coefficient (Wildman–Crippen LogP) is 1.29. The molecule has 1 fully saturated rings. The lowest BCUT2D eigenvalue weighted by molar-refractivity contribution is 0.0327. The van der Waals surface area contributed by atoms with Crippen LogP contribution in [0.1, 0.15) is 26.2 Å². The predicted molar refractivity (Wildman–Crippen MR) is 72.6 cm³/mol. The van der Waals surface area contributed by atoms with Gasteiger partial charge in [-0.05, 0) is 19.3 Å². The van der Waals surface area contributed by atoms with E-state index in [0.717, 1.165) is 25.8 Å². The van der Waals surface area contributed by atoms with Gasteiger partial charge in [0, 0.05) is 19.7 Å². The van der Waals surface area contributed by atoms with Crippen molar-refractivity contribution < 1.29 is 9.47 Å². The Kier molecular flexibility index (Phi) is 4.73. The van der Waals surface area contributed by atoms with E-state index < -0.39 is 0 Å². The van der Waals surface area contributed by atoms with Gasteiger partial charge in [-0.15, -0.1) is 0 Å². The van der Waals surface area contributed by atoms with E-state index in [2.05, 4.69) is 32.5 Å². The molecule has 0 bridgehead atoms. The molecule has 1 aromatic heterocycles. The van der Waals surface area contributed by atoms with Crippen molar-refractivity contribution >= 4 is 11.9 Å². The van der Waals surface area contributed by atoms with Gasteiger partial charge in [0.15, 0.2) is 0 Å². The van der Waals surface area contributed by atoms with Crippen LogP contribution in [-0.4, -0.2) is 47.9 Å². The van der Waals surface area contributed by atoms with Crippen molar-refractivity contribution in [1.29, 1.82) is 0 Å². The number of anilines is 2. The van der Waals surface area contributed by atoms with Gasteiger partial charge in [0.25, 0.3) is 0 Å². The lowest BCUT2D eigenvalue weighted by Gasteiger charge is -2.34. The van der Waals surface area contributed by atoms with Crippen LogP contribution in [0.2, 0.25) is 0 Å². The van der Waals surface area contributed by atoms with E-state index in [1.807, 2.05) is 0 Å². The molecule has 1 saturated carbocycles. The fraction of sp³-hybridized carbons (Fsp3) is 0.750. The first kappa shape index (κ1) is 13.8. The highest BCUT2D eigenvalue weighted by Gasteiger charge is 2.29. The average molecular weight is 267 g/mol. The third kappa shape index (κ3) is 3.66. The van der Waals surface area contributed by atoms with Gasteiger partial charge in [0.1, 0.15) is 0 Å². The summed E-state index contributed by atoms with van der Waals surface area (Å²) >= 11 is 0. The summed E-state index contributed by atoms with van der Waals surface area (Å²) in [5.41, 5.74) is 0. The van der Waals surface area contributed by atoms with E-state index in [0.29, 0.717) is 30.1 Å². The maximum absolute atomic E-state index is 5.25. The van der Waals surface area contributed by atoms with Crippen molar-refractivity contribution in [2.24, 2.45) is 0 Å². The zero-order valence-corrected chi connectivity index (χ0v) is 11.6. The van der Waals surface area contributed by atoms with Crippen LogP contribution in [0.5, 0.6) is 6.01 Å². The first-order valence-electron chi connectivity index (χ1n) is 6.58. The summed E-state index contributed by atoms with van der Waals surface area (Å²) < 4.78 is 10.3. The minimum absolute atomic E-state index is 0.318. The molecule has 1 aromatic rings. The molecule has 2 rings (SSSR count). The van der Waals surface area contributed by atoms with Gasteiger partial charge in [-0.3, -0.25) is 0 Å². The highest BCUT2D eigenvalue weighted by molar-refractivity contribution is 5.37. The Labute approximate surface area is 113 Å². The normalized spacial score (nSPS) is 21.6. The smallest absolute Gasteiger partial charge is 0.322 e. The van der Waals surface area contributed by atoms with Gasteiger partial charge < -0.3 is 20.1 Å². The molecule has 0 aromatic carbocycles. The molecule has 1 aliphatic carbocycles. The Hall–Kier alpha value is -1.63. The number of methoxy groups -OCH3 is 2. The van der Waals surface area contributed by atoms with Crippen LogP contribution in [0.3, 0.4) is 0 Å². The molecule has 7 nitrogen and oxygen atoms in total. The van der Waals surface area contributed by atoms with E-state index >= 15 is 0 Å². The second-order valence-corrected chi connectivity index (χ2v) is 4.57. The molecule has 1 heterocycles. The highest BCUT2D eigenvalue weighted by Crippen LogP contribution is 2.25. The molecule has 0 aliphatic heterocycles. The maximum Gasteiger partial charge on any atom is 0.322 e. The second kappa shape index (κ2) is 6.51. The molecule has 0 unspecified atom stereocenters. The van der Waals surface area contributed by atoms with Crippen molar-refractivity contribution in [2.75, 3.05) is 31.4 Å². The first-order valence-corrected chi connectivity index (χ1v) is 6.58. The molecule has 0 atom stereocenters. The van der Waals surface area contributed by atoms with Crippen LogP contribution in [0.15, 0.2) is 0 Å². The summed E-state index contributed by atoms with van der Waals surface area (Å²) in [4.78, 5) is 12.7. The lowest BCUT2D eigenvalue weighted by Crippen LogP contribution is -2.40. The Balaban J connectivity index is 1.98. The van der Waals surface area contributed by atoms with Crippen molar-refractivity contribution in [1.82, 2.24) is 15.0 Å². The number of hydrogen-bond donors (Lipinski definition) is 2. The SMILES string of the molecule is CCCNc1nc(NC2CC(OC)C2)nc(OC)n1. The van der Waals surface area contributed by atoms with Gasteiger partial charge in [-0.2, -0.15) is 15.0 Å². The number of hydrogen-bond acceptors (Lipinski definition) is 7. The Morgan fingerprint density at radius 1 is 1.16 bits per heavy atom.